The van der Waals surface area contributed by atoms with E-state index in [9.17, 15) is 18.0 Å². The Kier molecular flexibility index (Phi) is 7.01. The van der Waals surface area contributed by atoms with Crippen molar-refractivity contribution in [2.24, 2.45) is 5.10 Å². The lowest BCUT2D eigenvalue weighted by Crippen LogP contribution is -2.39. The maximum absolute atomic E-state index is 13.2. The van der Waals surface area contributed by atoms with Gasteiger partial charge in [-0.2, -0.15) is 5.10 Å². The number of hydrazone groups is 1. The fourth-order valence-electron chi connectivity index (χ4n) is 2.80. The number of nitrogens with zero attached hydrogens (tertiary/aromatic N) is 2. The number of carboxylic acid groups (broad SMARTS) is 1. The summed E-state index contributed by atoms with van der Waals surface area (Å²) in [7, 11) is -3.99. The summed E-state index contributed by atoms with van der Waals surface area (Å²) in [6.45, 7) is 1.40. The summed E-state index contributed by atoms with van der Waals surface area (Å²) in [5.74, 6) is -1.68. The van der Waals surface area contributed by atoms with Gasteiger partial charge in [-0.15, -0.1) is 0 Å². The van der Waals surface area contributed by atoms with Gasteiger partial charge < -0.3 is 5.11 Å². The van der Waals surface area contributed by atoms with Crippen molar-refractivity contribution in [2.45, 2.75) is 11.8 Å². The average Bonchev–Trinajstić information content (AvgIpc) is 2.79. The maximum Gasteiger partial charge on any atom is 0.335 e. The number of rotatable bonds is 8. The number of hydrogen-bond acceptors (Lipinski definition) is 5. The summed E-state index contributed by atoms with van der Waals surface area (Å²) < 4.78 is 27.4. The monoisotopic (exact) mass is 451 g/mol. The summed E-state index contributed by atoms with van der Waals surface area (Å²) >= 11 is 0. The van der Waals surface area contributed by atoms with Gasteiger partial charge in [-0.25, -0.2) is 18.6 Å². The summed E-state index contributed by atoms with van der Waals surface area (Å²) in [4.78, 5) is 23.5. The number of carbonyl (C=O) groups is 2. The zero-order valence-electron chi connectivity index (χ0n) is 17.2. The molecular formula is C23H21N3O5S. The van der Waals surface area contributed by atoms with Crippen LogP contribution in [0.3, 0.4) is 0 Å². The van der Waals surface area contributed by atoms with Crippen molar-refractivity contribution in [3.05, 3.63) is 95.6 Å². The lowest BCUT2D eigenvalue weighted by Gasteiger charge is -2.23. The molecule has 164 valence electrons. The van der Waals surface area contributed by atoms with Gasteiger partial charge in [0.25, 0.3) is 15.9 Å². The molecule has 9 heteroatoms. The van der Waals surface area contributed by atoms with Gasteiger partial charge in [0.1, 0.15) is 6.54 Å². The van der Waals surface area contributed by atoms with E-state index < -0.39 is 28.4 Å². The molecule has 0 fully saturated rings. The van der Waals surface area contributed by atoms with E-state index >= 15 is 0 Å². The van der Waals surface area contributed by atoms with Gasteiger partial charge in [-0.3, -0.25) is 9.10 Å². The molecule has 8 nitrogen and oxygen atoms in total. The smallest absolute Gasteiger partial charge is 0.335 e. The van der Waals surface area contributed by atoms with Gasteiger partial charge in [0.05, 0.1) is 22.4 Å². The zero-order chi connectivity index (χ0) is 23.1. The van der Waals surface area contributed by atoms with Crippen molar-refractivity contribution in [3.8, 4) is 0 Å². The molecule has 0 aliphatic carbocycles. The van der Waals surface area contributed by atoms with Crippen LogP contribution in [0.25, 0.3) is 0 Å². The van der Waals surface area contributed by atoms with E-state index in [1.165, 1.54) is 42.6 Å². The fraction of sp³-hybridized carbons (Fsp3) is 0.0870. The number of hydrogen-bond donors (Lipinski definition) is 2. The second-order valence-corrected chi connectivity index (χ2v) is 8.74. The summed E-state index contributed by atoms with van der Waals surface area (Å²) in [5, 5.41) is 12.8. The zero-order valence-corrected chi connectivity index (χ0v) is 18.0. The molecular weight excluding hydrogens is 430 g/mol. The normalized spacial score (nSPS) is 11.3. The molecule has 0 spiro atoms. The number of carbonyl (C=O) groups excluding carboxylic acids is 1. The third-order valence-electron chi connectivity index (χ3n) is 4.50. The molecule has 0 aliphatic heterocycles. The second kappa shape index (κ2) is 9.88. The molecule has 0 unspecified atom stereocenters. The Morgan fingerprint density at radius 3 is 2.19 bits per heavy atom. The van der Waals surface area contributed by atoms with Crippen molar-refractivity contribution < 1.29 is 23.1 Å². The topological polar surface area (TPSA) is 116 Å². The molecule has 32 heavy (non-hydrogen) atoms. The van der Waals surface area contributed by atoms with Crippen LogP contribution in [-0.2, 0) is 14.8 Å². The molecule has 0 aliphatic rings. The van der Waals surface area contributed by atoms with Gasteiger partial charge in [0, 0.05) is 0 Å². The minimum atomic E-state index is -3.99. The number of carboxylic acids is 1. The first-order chi connectivity index (χ1) is 15.3. The predicted molar refractivity (Wildman–Crippen MR) is 121 cm³/mol. The second-order valence-electron chi connectivity index (χ2n) is 6.88. The number of sulfonamides is 1. The largest absolute Gasteiger partial charge is 0.478 e. The van der Waals surface area contributed by atoms with E-state index in [2.05, 4.69) is 10.5 Å². The highest BCUT2D eigenvalue weighted by atomic mass is 32.2. The highest BCUT2D eigenvalue weighted by molar-refractivity contribution is 7.92. The van der Waals surface area contributed by atoms with Gasteiger partial charge in [-0.05, 0) is 48.9 Å². The van der Waals surface area contributed by atoms with Crippen molar-refractivity contribution in [1.29, 1.82) is 0 Å². The molecule has 0 heterocycles. The summed E-state index contributed by atoms with van der Waals surface area (Å²) in [6, 6.07) is 20.6. The average molecular weight is 452 g/mol. The molecule has 0 saturated carbocycles. The van der Waals surface area contributed by atoms with Crippen LogP contribution in [0.2, 0.25) is 0 Å². The van der Waals surface area contributed by atoms with Gasteiger partial charge >= 0.3 is 5.97 Å². The van der Waals surface area contributed by atoms with Gasteiger partial charge in [-0.1, -0.05) is 48.0 Å². The quantitative estimate of drug-likeness (QED) is 0.403. The Morgan fingerprint density at radius 2 is 1.59 bits per heavy atom. The number of anilines is 1. The van der Waals surface area contributed by atoms with Gasteiger partial charge in [0.2, 0.25) is 0 Å². The molecule has 1 amide bonds. The van der Waals surface area contributed by atoms with Crippen molar-refractivity contribution >= 4 is 33.8 Å². The van der Waals surface area contributed by atoms with Crippen LogP contribution in [-0.4, -0.2) is 38.2 Å². The van der Waals surface area contributed by atoms with Crippen LogP contribution in [0.15, 0.2) is 88.9 Å². The van der Waals surface area contributed by atoms with E-state index in [1.54, 1.807) is 42.5 Å². The molecule has 0 aromatic heterocycles. The Bertz CT molecular complexity index is 1220. The summed E-state index contributed by atoms with van der Waals surface area (Å²) in [6.07, 6.45) is 1.34. The number of benzene rings is 3. The first-order valence-corrected chi connectivity index (χ1v) is 11.0. The summed E-state index contributed by atoms with van der Waals surface area (Å²) in [5.41, 5.74) is 4.32. The van der Waals surface area contributed by atoms with Crippen molar-refractivity contribution in [3.63, 3.8) is 0 Å². The van der Waals surface area contributed by atoms with E-state index in [-0.39, 0.29) is 10.5 Å². The number of aromatic carboxylic acids is 1. The molecule has 0 bridgehead atoms. The van der Waals surface area contributed by atoms with Crippen LogP contribution in [0.1, 0.15) is 21.5 Å². The van der Waals surface area contributed by atoms with Crippen molar-refractivity contribution in [1.82, 2.24) is 5.43 Å². The van der Waals surface area contributed by atoms with Crippen LogP contribution in [0, 0.1) is 6.92 Å². The third kappa shape index (κ3) is 5.58. The van der Waals surface area contributed by atoms with Gasteiger partial charge in [0.15, 0.2) is 0 Å². The minimum Gasteiger partial charge on any atom is -0.478 e. The molecule has 3 rings (SSSR count). The third-order valence-corrected chi connectivity index (χ3v) is 6.29. The first kappa shape index (κ1) is 22.7. The van der Waals surface area contributed by atoms with Crippen molar-refractivity contribution in [2.75, 3.05) is 10.8 Å². The van der Waals surface area contributed by atoms with E-state index in [0.717, 1.165) is 9.87 Å². The molecule has 0 radical (unpaired) electrons. The highest BCUT2D eigenvalue weighted by Gasteiger charge is 2.27. The highest BCUT2D eigenvalue weighted by Crippen LogP contribution is 2.23. The number of aryl methyl sites for hydroxylation is 1. The standard InChI is InChI=1S/C23H21N3O5S/c1-17-7-13-20(14-8-17)26(32(30,31)21-5-3-2-4-6-21)16-22(27)25-24-15-18-9-11-19(12-10-18)23(28)29/h2-15H,16H2,1H3,(H,25,27)(H,28,29)/b24-15-. The fourth-order valence-corrected chi connectivity index (χ4v) is 4.24. The van der Waals surface area contributed by atoms with Crippen LogP contribution < -0.4 is 9.73 Å². The van der Waals surface area contributed by atoms with E-state index in [0.29, 0.717) is 11.3 Å². The Hall–Kier alpha value is -3.98. The lowest BCUT2D eigenvalue weighted by molar-refractivity contribution is -0.119. The van der Waals surface area contributed by atoms with Crippen LogP contribution in [0.4, 0.5) is 5.69 Å². The van der Waals surface area contributed by atoms with E-state index in [4.69, 9.17) is 5.11 Å². The molecule has 0 atom stereocenters. The lowest BCUT2D eigenvalue weighted by atomic mass is 10.1. The number of nitrogens with one attached hydrogen (secondary N) is 1. The molecule has 2 N–H and O–H groups in total. The van der Waals surface area contributed by atoms with Crippen LogP contribution >= 0.6 is 0 Å². The molecule has 3 aromatic carbocycles. The maximum atomic E-state index is 13.2. The van der Waals surface area contributed by atoms with E-state index in [1.807, 2.05) is 6.92 Å². The van der Waals surface area contributed by atoms with Crippen LogP contribution in [0.5, 0.6) is 0 Å². The number of amides is 1. The predicted octanol–water partition coefficient (Wildman–Crippen LogP) is 3.04. The Balaban J connectivity index is 1.78. The molecule has 3 aromatic rings. The molecule has 0 saturated heterocycles. The first-order valence-electron chi connectivity index (χ1n) is 9.57. The SMILES string of the molecule is Cc1ccc(N(CC(=O)N/N=C\c2ccc(C(=O)O)cc2)S(=O)(=O)c2ccccc2)cc1. The minimum absolute atomic E-state index is 0.0652. The Labute approximate surface area is 185 Å². The Morgan fingerprint density at radius 1 is 0.969 bits per heavy atom.